The van der Waals surface area contributed by atoms with Gasteiger partial charge in [0.2, 0.25) is 0 Å². The van der Waals surface area contributed by atoms with Crippen LogP contribution in [0, 0.1) is 0 Å². The van der Waals surface area contributed by atoms with Crippen LogP contribution in [-0.2, 0) is 0 Å². The van der Waals surface area contributed by atoms with Crippen LogP contribution >= 0.6 is 0 Å². The highest BCUT2D eigenvalue weighted by molar-refractivity contribution is 5.89. The van der Waals surface area contributed by atoms with Gasteiger partial charge in [-0.2, -0.15) is 0 Å². The number of anilines is 1. The summed E-state index contributed by atoms with van der Waals surface area (Å²) >= 11 is 0. The summed E-state index contributed by atoms with van der Waals surface area (Å²) < 4.78 is 5.44. The zero-order valence-electron chi connectivity index (χ0n) is 16.9. The summed E-state index contributed by atoms with van der Waals surface area (Å²) in [6.45, 7) is 3.03. The van der Waals surface area contributed by atoms with Crippen LogP contribution in [0.2, 0.25) is 0 Å². The van der Waals surface area contributed by atoms with E-state index in [1.165, 1.54) is 5.39 Å². The summed E-state index contributed by atoms with van der Waals surface area (Å²) in [5.41, 5.74) is 4.13. The van der Waals surface area contributed by atoms with E-state index in [-0.39, 0.29) is 11.9 Å². The van der Waals surface area contributed by atoms with E-state index in [9.17, 15) is 4.79 Å². The van der Waals surface area contributed by atoms with Gasteiger partial charge in [0.05, 0.1) is 6.61 Å². The lowest BCUT2D eigenvalue weighted by atomic mass is 9.91. The van der Waals surface area contributed by atoms with Gasteiger partial charge in [0.15, 0.2) is 0 Å². The standard InChI is InChI=1S/C25H25N3O2/c1-2-30-20-14-12-19(13-15-20)28-25(29)27-16-22(18-8-4-3-5-9-18)23-17-26-24-11-7-6-10-21(23)24/h3-15,17,22,26H,2,16H2,1H3,(H2,27,28,29)/t22-/m1/s1. The predicted octanol–water partition coefficient (Wildman–Crippen LogP) is 5.52. The van der Waals surface area contributed by atoms with Crippen LogP contribution in [0.25, 0.3) is 10.9 Å². The van der Waals surface area contributed by atoms with Gasteiger partial charge in [-0.15, -0.1) is 0 Å². The van der Waals surface area contributed by atoms with E-state index in [0.29, 0.717) is 13.2 Å². The molecule has 0 unspecified atom stereocenters. The number of hydrogen-bond acceptors (Lipinski definition) is 2. The number of fused-ring (bicyclic) bond motifs is 1. The molecule has 1 atom stereocenters. The first-order valence-corrected chi connectivity index (χ1v) is 10.1. The minimum atomic E-state index is -0.236. The first-order valence-electron chi connectivity index (χ1n) is 10.1. The van der Waals surface area contributed by atoms with E-state index in [1.807, 2.05) is 67.7 Å². The fourth-order valence-electron chi connectivity index (χ4n) is 3.65. The molecule has 1 aromatic heterocycles. The van der Waals surface area contributed by atoms with Crippen molar-refractivity contribution >= 4 is 22.6 Å². The fraction of sp³-hybridized carbons (Fsp3) is 0.160. The maximum Gasteiger partial charge on any atom is 0.319 e. The highest BCUT2D eigenvalue weighted by atomic mass is 16.5. The predicted molar refractivity (Wildman–Crippen MR) is 121 cm³/mol. The second kappa shape index (κ2) is 9.18. The first-order chi connectivity index (χ1) is 14.7. The van der Waals surface area contributed by atoms with Crippen molar-refractivity contribution in [1.29, 1.82) is 0 Å². The Balaban J connectivity index is 1.49. The second-order valence-corrected chi connectivity index (χ2v) is 7.05. The fourth-order valence-corrected chi connectivity index (χ4v) is 3.65. The smallest absolute Gasteiger partial charge is 0.319 e. The van der Waals surface area contributed by atoms with Crippen LogP contribution in [0.3, 0.4) is 0 Å². The molecule has 0 aliphatic heterocycles. The molecule has 0 saturated carbocycles. The van der Waals surface area contributed by atoms with Gasteiger partial charge >= 0.3 is 6.03 Å². The molecule has 0 radical (unpaired) electrons. The number of aromatic amines is 1. The minimum absolute atomic E-state index is 0.0356. The number of aromatic nitrogens is 1. The Kier molecular flexibility index (Phi) is 5.99. The zero-order valence-corrected chi connectivity index (χ0v) is 16.9. The quantitative estimate of drug-likeness (QED) is 0.383. The maximum atomic E-state index is 12.5. The molecule has 3 N–H and O–H groups in total. The van der Waals surface area contributed by atoms with Crippen molar-refractivity contribution in [2.24, 2.45) is 0 Å². The summed E-state index contributed by atoms with van der Waals surface area (Å²) in [5, 5.41) is 7.08. The third kappa shape index (κ3) is 4.46. The third-order valence-corrected chi connectivity index (χ3v) is 5.09. The molecule has 0 spiro atoms. The Morgan fingerprint density at radius 1 is 0.967 bits per heavy atom. The number of carbonyl (C=O) groups excluding carboxylic acids is 1. The Bertz CT molecular complexity index is 1100. The van der Waals surface area contributed by atoms with Gasteiger partial charge in [-0.25, -0.2) is 4.79 Å². The van der Waals surface area contributed by atoms with Crippen molar-refractivity contribution in [1.82, 2.24) is 10.3 Å². The van der Waals surface area contributed by atoms with Crippen molar-refractivity contribution in [2.75, 3.05) is 18.5 Å². The van der Waals surface area contributed by atoms with Gasteiger partial charge in [0.25, 0.3) is 0 Å². The van der Waals surface area contributed by atoms with Crippen LogP contribution in [0.1, 0.15) is 24.0 Å². The molecule has 5 heteroatoms. The molecule has 4 aromatic rings. The molecule has 5 nitrogen and oxygen atoms in total. The van der Waals surface area contributed by atoms with E-state index in [1.54, 1.807) is 0 Å². The Hall–Kier alpha value is -3.73. The second-order valence-electron chi connectivity index (χ2n) is 7.05. The molecule has 0 bridgehead atoms. The lowest BCUT2D eigenvalue weighted by Gasteiger charge is -2.18. The van der Waals surface area contributed by atoms with Gasteiger partial charge in [0, 0.05) is 35.2 Å². The molecule has 0 aliphatic rings. The van der Waals surface area contributed by atoms with Gasteiger partial charge in [0.1, 0.15) is 5.75 Å². The first kappa shape index (κ1) is 19.6. The highest BCUT2D eigenvalue weighted by Crippen LogP contribution is 2.30. The molecular formula is C25H25N3O2. The molecule has 0 fully saturated rings. The number of amides is 2. The number of benzene rings is 3. The molecule has 30 heavy (non-hydrogen) atoms. The summed E-state index contributed by atoms with van der Waals surface area (Å²) in [6, 6.07) is 25.6. The van der Waals surface area contributed by atoms with E-state index in [4.69, 9.17) is 4.74 Å². The Morgan fingerprint density at radius 3 is 2.47 bits per heavy atom. The number of urea groups is 1. The average Bonchev–Trinajstić information content (AvgIpc) is 3.20. The minimum Gasteiger partial charge on any atom is -0.494 e. The van der Waals surface area contributed by atoms with Crippen LogP contribution in [0.15, 0.2) is 85.1 Å². The number of H-pyrrole nitrogens is 1. The largest absolute Gasteiger partial charge is 0.494 e. The summed E-state index contributed by atoms with van der Waals surface area (Å²) in [7, 11) is 0. The van der Waals surface area contributed by atoms with Crippen LogP contribution in [0.4, 0.5) is 10.5 Å². The maximum absolute atomic E-state index is 12.5. The molecule has 0 saturated heterocycles. The molecule has 152 valence electrons. The van der Waals surface area contributed by atoms with E-state index >= 15 is 0 Å². The van der Waals surface area contributed by atoms with Crippen molar-refractivity contribution in [3.05, 3.63) is 96.2 Å². The van der Waals surface area contributed by atoms with Crippen molar-refractivity contribution < 1.29 is 9.53 Å². The number of carbonyl (C=O) groups is 1. The summed E-state index contributed by atoms with van der Waals surface area (Å²) in [6.07, 6.45) is 2.04. The molecule has 3 aromatic carbocycles. The average molecular weight is 399 g/mol. The summed E-state index contributed by atoms with van der Waals surface area (Å²) in [5.74, 6) is 0.820. The molecule has 4 rings (SSSR count). The van der Waals surface area contributed by atoms with Crippen molar-refractivity contribution in [3.8, 4) is 5.75 Å². The highest BCUT2D eigenvalue weighted by Gasteiger charge is 2.19. The number of nitrogens with one attached hydrogen (secondary N) is 3. The zero-order chi connectivity index (χ0) is 20.8. The third-order valence-electron chi connectivity index (χ3n) is 5.09. The monoisotopic (exact) mass is 399 g/mol. The number of rotatable bonds is 7. The Labute approximate surface area is 176 Å². The van der Waals surface area contributed by atoms with Crippen molar-refractivity contribution in [3.63, 3.8) is 0 Å². The molecule has 2 amide bonds. The molecule has 0 aliphatic carbocycles. The molecular weight excluding hydrogens is 374 g/mol. The van der Waals surface area contributed by atoms with Gasteiger partial charge < -0.3 is 20.4 Å². The lowest BCUT2D eigenvalue weighted by molar-refractivity contribution is 0.252. The van der Waals surface area contributed by atoms with E-state index < -0.39 is 0 Å². The topological polar surface area (TPSA) is 66.2 Å². The van der Waals surface area contributed by atoms with Gasteiger partial charge in [-0.05, 0) is 48.4 Å². The molecule has 1 heterocycles. The number of para-hydroxylation sites is 1. The van der Waals surface area contributed by atoms with E-state index in [2.05, 4.69) is 39.9 Å². The van der Waals surface area contributed by atoms with Crippen LogP contribution in [0.5, 0.6) is 5.75 Å². The number of ether oxygens (including phenoxy) is 1. The van der Waals surface area contributed by atoms with Gasteiger partial charge in [-0.1, -0.05) is 48.5 Å². The Morgan fingerprint density at radius 2 is 1.70 bits per heavy atom. The van der Waals surface area contributed by atoms with Crippen LogP contribution in [-0.4, -0.2) is 24.2 Å². The van der Waals surface area contributed by atoms with E-state index in [0.717, 1.165) is 28.1 Å². The SMILES string of the molecule is CCOc1ccc(NC(=O)NC[C@H](c2ccccc2)c2c[nH]c3ccccc23)cc1. The normalized spacial score (nSPS) is 11.8. The van der Waals surface area contributed by atoms with Crippen LogP contribution < -0.4 is 15.4 Å². The lowest BCUT2D eigenvalue weighted by Crippen LogP contribution is -2.32. The number of hydrogen-bond donors (Lipinski definition) is 3. The summed E-state index contributed by atoms with van der Waals surface area (Å²) in [4.78, 5) is 15.9. The van der Waals surface area contributed by atoms with Crippen molar-refractivity contribution in [2.45, 2.75) is 12.8 Å². The van der Waals surface area contributed by atoms with Gasteiger partial charge in [-0.3, -0.25) is 0 Å².